The number of hydrogen-bond donors (Lipinski definition) is 2. The number of nitrogens with one attached hydrogen (secondary N) is 1. The van der Waals surface area contributed by atoms with Crippen LogP contribution in [0, 0.1) is 0 Å². The molecule has 0 saturated heterocycles. The van der Waals surface area contributed by atoms with Gasteiger partial charge in [-0.25, -0.2) is 17.9 Å². The number of carboxylic acid groups (broad SMARTS) is 1. The number of hydrogen-bond acceptors (Lipinski definition) is 5. The Morgan fingerprint density at radius 2 is 1.96 bits per heavy atom. The molecule has 2 heterocycles. The van der Waals surface area contributed by atoms with Gasteiger partial charge in [0.25, 0.3) is 15.9 Å². The largest absolute Gasteiger partial charge is 0.479 e. The standard InChI is InChI=1S/C16H16N2O6S/c1-17-25(22,23)13-7-6-12(24-13)15(19)18-9-8-10-4-2-3-5-11(10)14(18)16(20)21/h2-7,14,17H,8-9H2,1H3,(H,20,21). The second-order valence-electron chi connectivity index (χ2n) is 5.51. The first-order valence-electron chi connectivity index (χ1n) is 7.50. The highest BCUT2D eigenvalue weighted by Crippen LogP contribution is 2.31. The summed E-state index contributed by atoms with van der Waals surface area (Å²) < 4.78 is 30.7. The number of benzene rings is 1. The third kappa shape index (κ3) is 3.03. The number of aliphatic carboxylic acids is 1. The molecule has 25 heavy (non-hydrogen) atoms. The molecule has 1 aliphatic heterocycles. The predicted octanol–water partition coefficient (Wildman–Crippen LogP) is 1.01. The molecule has 0 aliphatic carbocycles. The van der Waals surface area contributed by atoms with Crippen LogP contribution in [0.15, 0.2) is 45.9 Å². The van der Waals surface area contributed by atoms with Gasteiger partial charge in [-0.05, 0) is 36.7 Å². The molecular formula is C16H16N2O6S. The first-order chi connectivity index (χ1) is 11.8. The number of fused-ring (bicyclic) bond motifs is 1. The summed E-state index contributed by atoms with van der Waals surface area (Å²) in [5.74, 6) is -2.05. The van der Waals surface area contributed by atoms with Gasteiger partial charge in [-0.1, -0.05) is 24.3 Å². The summed E-state index contributed by atoms with van der Waals surface area (Å²) in [6.45, 7) is 0.196. The van der Waals surface area contributed by atoms with Crippen molar-refractivity contribution in [3.05, 3.63) is 53.3 Å². The Labute approximate surface area is 144 Å². The number of carboxylic acids is 1. The maximum Gasteiger partial charge on any atom is 0.331 e. The summed E-state index contributed by atoms with van der Waals surface area (Å²) >= 11 is 0. The monoisotopic (exact) mass is 364 g/mol. The number of sulfonamides is 1. The van der Waals surface area contributed by atoms with Crippen molar-refractivity contribution in [1.82, 2.24) is 9.62 Å². The zero-order valence-electron chi connectivity index (χ0n) is 13.3. The quantitative estimate of drug-likeness (QED) is 0.836. The minimum Gasteiger partial charge on any atom is -0.479 e. The lowest BCUT2D eigenvalue weighted by Crippen LogP contribution is -2.43. The molecule has 1 amide bonds. The summed E-state index contributed by atoms with van der Waals surface area (Å²) in [5.41, 5.74) is 1.42. The highest BCUT2D eigenvalue weighted by Gasteiger charge is 2.37. The normalized spacial score (nSPS) is 17.2. The Balaban J connectivity index is 1.96. The van der Waals surface area contributed by atoms with Gasteiger partial charge in [0.05, 0.1) is 0 Å². The Morgan fingerprint density at radius 3 is 2.64 bits per heavy atom. The van der Waals surface area contributed by atoms with Crippen molar-refractivity contribution in [3.63, 3.8) is 0 Å². The van der Waals surface area contributed by atoms with Crippen molar-refractivity contribution in [3.8, 4) is 0 Å². The number of rotatable bonds is 4. The van der Waals surface area contributed by atoms with Crippen LogP contribution in [-0.4, -0.2) is 43.9 Å². The maximum atomic E-state index is 12.7. The van der Waals surface area contributed by atoms with E-state index in [1.807, 2.05) is 12.1 Å². The smallest absolute Gasteiger partial charge is 0.331 e. The third-order valence-corrected chi connectivity index (χ3v) is 5.39. The van der Waals surface area contributed by atoms with Crippen molar-refractivity contribution in [2.24, 2.45) is 0 Å². The molecule has 0 radical (unpaired) electrons. The van der Waals surface area contributed by atoms with Crippen LogP contribution < -0.4 is 4.72 Å². The molecule has 1 unspecified atom stereocenters. The molecule has 8 nitrogen and oxygen atoms in total. The van der Waals surface area contributed by atoms with Crippen LogP contribution in [0.5, 0.6) is 0 Å². The lowest BCUT2D eigenvalue weighted by atomic mass is 9.92. The highest BCUT2D eigenvalue weighted by atomic mass is 32.2. The summed E-state index contributed by atoms with van der Waals surface area (Å²) in [4.78, 5) is 25.6. The topological polar surface area (TPSA) is 117 Å². The third-order valence-electron chi connectivity index (χ3n) is 4.10. The van der Waals surface area contributed by atoms with Crippen LogP contribution in [0.2, 0.25) is 0 Å². The Bertz CT molecular complexity index is 934. The summed E-state index contributed by atoms with van der Waals surface area (Å²) in [6.07, 6.45) is 0.508. The van der Waals surface area contributed by atoms with E-state index in [2.05, 4.69) is 4.72 Å². The second-order valence-corrected chi connectivity index (χ2v) is 7.33. The van der Waals surface area contributed by atoms with Crippen LogP contribution in [0.3, 0.4) is 0 Å². The first kappa shape index (κ1) is 17.2. The molecule has 0 fully saturated rings. The summed E-state index contributed by atoms with van der Waals surface area (Å²) in [5, 5.41) is 9.19. The number of furan rings is 1. The molecule has 1 atom stereocenters. The van der Waals surface area contributed by atoms with Crippen LogP contribution >= 0.6 is 0 Å². The maximum absolute atomic E-state index is 12.7. The minimum atomic E-state index is -3.82. The minimum absolute atomic E-state index is 0.196. The fourth-order valence-electron chi connectivity index (χ4n) is 2.87. The van der Waals surface area contributed by atoms with Gasteiger partial charge < -0.3 is 14.4 Å². The van der Waals surface area contributed by atoms with Crippen molar-refractivity contribution in [2.45, 2.75) is 17.6 Å². The molecule has 1 aromatic carbocycles. The van der Waals surface area contributed by atoms with E-state index in [1.54, 1.807) is 12.1 Å². The number of carbonyl (C=O) groups excluding carboxylic acids is 1. The number of nitrogens with zero attached hydrogens (tertiary/aromatic N) is 1. The average Bonchev–Trinajstić information content (AvgIpc) is 3.10. The van der Waals surface area contributed by atoms with Gasteiger partial charge in [0.2, 0.25) is 5.09 Å². The molecule has 1 aliphatic rings. The zero-order valence-corrected chi connectivity index (χ0v) is 14.1. The molecule has 2 N–H and O–H groups in total. The zero-order chi connectivity index (χ0) is 18.2. The first-order valence-corrected chi connectivity index (χ1v) is 8.98. The second kappa shape index (κ2) is 6.34. The Morgan fingerprint density at radius 1 is 1.24 bits per heavy atom. The molecule has 0 bridgehead atoms. The molecule has 2 aromatic rings. The van der Waals surface area contributed by atoms with E-state index >= 15 is 0 Å². The average molecular weight is 364 g/mol. The summed E-state index contributed by atoms with van der Waals surface area (Å²) in [6, 6.07) is 8.28. The van der Waals surface area contributed by atoms with E-state index in [4.69, 9.17) is 4.42 Å². The Hall–Kier alpha value is -2.65. The summed E-state index contributed by atoms with van der Waals surface area (Å²) in [7, 11) is -2.60. The van der Waals surface area contributed by atoms with Gasteiger partial charge in [0, 0.05) is 6.54 Å². The molecule has 3 rings (SSSR count). The van der Waals surface area contributed by atoms with E-state index in [0.717, 1.165) is 11.6 Å². The van der Waals surface area contributed by atoms with Gasteiger partial charge in [-0.15, -0.1) is 0 Å². The van der Waals surface area contributed by atoms with Crippen molar-refractivity contribution >= 4 is 21.9 Å². The van der Waals surface area contributed by atoms with Crippen LogP contribution in [0.4, 0.5) is 0 Å². The predicted molar refractivity (Wildman–Crippen MR) is 86.5 cm³/mol. The van der Waals surface area contributed by atoms with E-state index < -0.39 is 33.0 Å². The van der Waals surface area contributed by atoms with E-state index in [9.17, 15) is 23.1 Å². The highest BCUT2D eigenvalue weighted by molar-refractivity contribution is 7.89. The fraction of sp³-hybridized carbons (Fsp3) is 0.250. The van der Waals surface area contributed by atoms with Gasteiger partial charge in [0.15, 0.2) is 11.8 Å². The van der Waals surface area contributed by atoms with Gasteiger partial charge in [-0.2, -0.15) is 0 Å². The van der Waals surface area contributed by atoms with Crippen LogP contribution in [-0.2, 0) is 21.2 Å². The van der Waals surface area contributed by atoms with Crippen molar-refractivity contribution < 1.29 is 27.5 Å². The lowest BCUT2D eigenvalue weighted by molar-refractivity contribution is -0.143. The fourth-order valence-corrected chi connectivity index (χ4v) is 3.52. The lowest BCUT2D eigenvalue weighted by Gasteiger charge is -2.34. The van der Waals surface area contributed by atoms with Crippen molar-refractivity contribution in [2.75, 3.05) is 13.6 Å². The molecule has 0 spiro atoms. The molecule has 1 aromatic heterocycles. The molecule has 0 saturated carbocycles. The van der Waals surface area contributed by atoms with E-state index in [0.29, 0.717) is 12.0 Å². The van der Waals surface area contributed by atoms with Gasteiger partial charge in [0.1, 0.15) is 0 Å². The molecule has 132 valence electrons. The van der Waals surface area contributed by atoms with Crippen LogP contribution in [0.1, 0.15) is 27.7 Å². The van der Waals surface area contributed by atoms with Crippen LogP contribution in [0.25, 0.3) is 0 Å². The SMILES string of the molecule is CNS(=O)(=O)c1ccc(C(=O)N2CCc3ccccc3C2C(=O)O)o1. The molecular weight excluding hydrogens is 348 g/mol. The van der Waals surface area contributed by atoms with Gasteiger partial charge in [-0.3, -0.25) is 4.79 Å². The Kier molecular flexibility index (Phi) is 4.36. The van der Waals surface area contributed by atoms with E-state index in [1.165, 1.54) is 18.0 Å². The number of amides is 1. The van der Waals surface area contributed by atoms with E-state index in [-0.39, 0.29) is 12.3 Å². The van der Waals surface area contributed by atoms with Gasteiger partial charge >= 0.3 is 5.97 Å². The van der Waals surface area contributed by atoms with Crippen molar-refractivity contribution in [1.29, 1.82) is 0 Å². The molecule has 9 heteroatoms. The number of carbonyl (C=O) groups is 2.